The molecule has 0 spiro atoms. The molecule has 0 aliphatic carbocycles. The molecule has 0 aliphatic heterocycles. The average Bonchev–Trinajstić information content (AvgIpc) is 2.97. The van der Waals surface area contributed by atoms with Gasteiger partial charge in [0, 0.05) is 17.0 Å². The van der Waals surface area contributed by atoms with Crippen LogP contribution in [0, 0.1) is 0 Å². The van der Waals surface area contributed by atoms with Crippen molar-refractivity contribution in [2.24, 2.45) is 0 Å². The highest BCUT2D eigenvalue weighted by Crippen LogP contribution is 2.30. The molecule has 0 saturated carbocycles. The van der Waals surface area contributed by atoms with E-state index in [2.05, 4.69) is 10.5 Å². The number of rotatable bonds is 7. The minimum Gasteiger partial charge on any atom is -0.462 e. The van der Waals surface area contributed by atoms with E-state index in [-0.39, 0.29) is 24.0 Å². The van der Waals surface area contributed by atoms with Crippen LogP contribution in [0.25, 0.3) is 11.3 Å². The zero-order valence-electron chi connectivity index (χ0n) is 13.6. The Morgan fingerprint density at radius 1 is 1.25 bits per heavy atom. The first-order valence-electron chi connectivity index (χ1n) is 7.79. The molecule has 2 aromatic rings. The Labute approximate surface area is 145 Å². The van der Waals surface area contributed by atoms with E-state index in [1.807, 2.05) is 6.92 Å². The fourth-order valence-corrected chi connectivity index (χ4v) is 2.23. The fourth-order valence-electron chi connectivity index (χ4n) is 2.10. The third-order valence-electron chi connectivity index (χ3n) is 3.30. The van der Waals surface area contributed by atoms with Crippen molar-refractivity contribution in [3.63, 3.8) is 0 Å². The molecule has 1 heterocycles. The number of ether oxygens (including phenoxy) is 1. The van der Waals surface area contributed by atoms with E-state index in [0.29, 0.717) is 22.7 Å². The van der Waals surface area contributed by atoms with Crippen molar-refractivity contribution in [3.05, 3.63) is 34.9 Å². The number of carbonyl (C=O) groups excluding carboxylic acids is 2. The van der Waals surface area contributed by atoms with Gasteiger partial charge >= 0.3 is 5.97 Å². The van der Waals surface area contributed by atoms with Gasteiger partial charge in [0.15, 0.2) is 5.56 Å². The maximum absolute atomic E-state index is 12.3. The number of hydrogen-bond acceptors (Lipinski definition) is 5. The number of benzene rings is 1. The Morgan fingerprint density at radius 2 is 1.96 bits per heavy atom. The van der Waals surface area contributed by atoms with Crippen LogP contribution >= 0.6 is 11.6 Å². The monoisotopic (exact) mass is 350 g/mol. The van der Waals surface area contributed by atoms with Gasteiger partial charge in [-0.2, -0.15) is 0 Å². The second-order valence-corrected chi connectivity index (χ2v) is 5.55. The highest BCUT2D eigenvalue weighted by Gasteiger charge is 2.26. The van der Waals surface area contributed by atoms with Gasteiger partial charge in [-0.3, -0.25) is 10.1 Å². The third kappa shape index (κ3) is 4.35. The summed E-state index contributed by atoms with van der Waals surface area (Å²) in [5.74, 6) is -0.838. The topological polar surface area (TPSA) is 81.4 Å². The minimum absolute atomic E-state index is 0.000460. The molecule has 0 atom stereocenters. The maximum Gasteiger partial charge on any atom is 0.346 e. The molecule has 2 rings (SSSR count). The van der Waals surface area contributed by atoms with Crippen LogP contribution in [0.2, 0.25) is 5.02 Å². The predicted octanol–water partition coefficient (Wildman–Crippen LogP) is 4.30. The van der Waals surface area contributed by atoms with Crippen LogP contribution < -0.4 is 5.32 Å². The summed E-state index contributed by atoms with van der Waals surface area (Å²) >= 11 is 5.88. The number of halogens is 1. The molecular weight excluding hydrogens is 332 g/mol. The highest BCUT2D eigenvalue weighted by molar-refractivity contribution is 6.30. The molecule has 1 amide bonds. The number of carbonyl (C=O) groups is 2. The lowest BCUT2D eigenvalue weighted by atomic mass is 10.1. The van der Waals surface area contributed by atoms with E-state index in [4.69, 9.17) is 20.9 Å². The summed E-state index contributed by atoms with van der Waals surface area (Å²) in [5.41, 5.74) is 1.04. The van der Waals surface area contributed by atoms with Crippen LogP contribution in [-0.2, 0) is 9.53 Å². The molecular formula is C17H19ClN2O4. The molecule has 7 heteroatoms. The zero-order chi connectivity index (χ0) is 17.5. The molecule has 0 bridgehead atoms. The first-order valence-corrected chi connectivity index (χ1v) is 8.17. The van der Waals surface area contributed by atoms with Crippen molar-refractivity contribution in [1.29, 1.82) is 0 Å². The fraction of sp³-hybridized carbons (Fsp3) is 0.353. The van der Waals surface area contributed by atoms with Crippen LogP contribution in [0.3, 0.4) is 0 Å². The van der Waals surface area contributed by atoms with Crippen molar-refractivity contribution in [1.82, 2.24) is 5.16 Å². The lowest BCUT2D eigenvalue weighted by Gasteiger charge is -2.05. The summed E-state index contributed by atoms with van der Waals surface area (Å²) in [7, 11) is 0. The Morgan fingerprint density at radius 3 is 2.58 bits per heavy atom. The van der Waals surface area contributed by atoms with E-state index in [0.717, 1.165) is 12.8 Å². The molecule has 1 aromatic carbocycles. The number of unbranched alkanes of at least 4 members (excludes halogenated alkanes) is 1. The maximum atomic E-state index is 12.3. The van der Waals surface area contributed by atoms with Gasteiger partial charge in [0.05, 0.1) is 6.61 Å². The third-order valence-corrected chi connectivity index (χ3v) is 3.55. The molecule has 0 radical (unpaired) electrons. The summed E-state index contributed by atoms with van der Waals surface area (Å²) in [6.07, 6.45) is 1.99. The molecule has 0 saturated heterocycles. The largest absolute Gasteiger partial charge is 0.462 e. The van der Waals surface area contributed by atoms with Gasteiger partial charge in [-0.25, -0.2) is 4.79 Å². The highest BCUT2D eigenvalue weighted by atomic mass is 35.5. The zero-order valence-corrected chi connectivity index (χ0v) is 14.4. The van der Waals surface area contributed by atoms with Gasteiger partial charge in [0.1, 0.15) is 5.69 Å². The van der Waals surface area contributed by atoms with E-state index in [1.54, 1.807) is 31.2 Å². The second-order valence-electron chi connectivity index (χ2n) is 5.11. The number of hydrogen-bond donors (Lipinski definition) is 1. The van der Waals surface area contributed by atoms with Crippen molar-refractivity contribution in [2.45, 2.75) is 33.1 Å². The Balaban J connectivity index is 2.35. The van der Waals surface area contributed by atoms with Gasteiger partial charge in [0.25, 0.3) is 0 Å². The number of anilines is 1. The van der Waals surface area contributed by atoms with Crippen molar-refractivity contribution in [2.75, 3.05) is 11.9 Å². The van der Waals surface area contributed by atoms with Crippen LogP contribution in [-0.4, -0.2) is 23.6 Å². The van der Waals surface area contributed by atoms with E-state index >= 15 is 0 Å². The molecule has 0 unspecified atom stereocenters. The molecule has 24 heavy (non-hydrogen) atoms. The standard InChI is InChI=1S/C17H19ClN2O4/c1-3-5-6-13(21)19-16-14(17(22)23-4-2)15(20-24-16)11-7-9-12(18)10-8-11/h7-10H,3-6H2,1-2H3,(H,19,21). The van der Waals surface area contributed by atoms with Crippen LogP contribution in [0.5, 0.6) is 0 Å². The Kier molecular flexibility index (Phi) is 6.37. The van der Waals surface area contributed by atoms with Gasteiger partial charge in [-0.1, -0.05) is 42.2 Å². The Hall–Kier alpha value is -2.34. The average molecular weight is 351 g/mol. The van der Waals surface area contributed by atoms with E-state index in [9.17, 15) is 9.59 Å². The summed E-state index contributed by atoms with van der Waals surface area (Å²) in [4.78, 5) is 24.2. The molecule has 0 aliphatic rings. The molecule has 0 fully saturated rings. The molecule has 128 valence electrons. The first-order chi connectivity index (χ1) is 11.6. The Bertz CT molecular complexity index is 710. The van der Waals surface area contributed by atoms with Gasteiger partial charge in [-0.05, 0) is 25.5 Å². The van der Waals surface area contributed by atoms with Gasteiger partial charge in [-0.15, -0.1) is 0 Å². The predicted molar refractivity (Wildman–Crippen MR) is 91.1 cm³/mol. The van der Waals surface area contributed by atoms with Gasteiger partial charge < -0.3 is 9.26 Å². The summed E-state index contributed by atoms with van der Waals surface area (Å²) in [6.45, 7) is 3.89. The number of nitrogens with zero attached hydrogens (tertiary/aromatic N) is 1. The van der Waals surface area contributed by atoms with Gasteiger partial charge in [0.2, 0.25) is 11.8 Å². The quantitative estimate of drug-likeness (QED) is 0.753. The number of esters is 1. The number of aromatic nitrogens is 1. The number of amides is 1. The van der Waals surface area contributed by atoms with E-state index < -0.39 is 5.97 Å². The first kappa shape index (κ1) is 18.0. The lowest BCUT2D eigenvalue weighted by Crippen LogP contribution is -2.14. The molecule has 1 aromatic heterocycles. The molecule has 1 N–H and O–H groups in total. The minimum atomic E-state index is -0.602. The molecule has 6 nitrogen and oxygen atoms in total. The van der Waals surface area contributed by atoms with Crippen LogP contribution in [0.15, 0.2) is 28.8 Å². The summed E-state index contributed by atoms with van der Waals surface area (Å²) < 4.78 is 10.2. The lowest BCUT2D eigenvalue weighted by molar-refractivity contribution is -0.116. The van der Waals surface area contributed by atoms with Crippen molar-refractivity contribution < 1.29 is 18.8 Å². The smallest absolute Gasteiger partial charge is 0.346 e. The van der Waals surface area contributed by atoms with Crippen LogP contribution in [0.4, 0.5) is 5.88 Å². The summed E-state index contributed by atoms with van der Waals surface area (Å²) in [6, 6.07) is 6.79. The van der Waals surface area contributed by atoms with Crippen molar-refractivity contribution in [3.8, 4) is 11.3 Å². The normalized spacial score (nSPS) is 10.5. The summed E-state index contributed by atoms with van der Waals surface area (Å²) in [5, 5.41) is 7.07. The SMILES string of the molecule is CCCCC(=O)Nc1onc(-c2ccc(Cl)cc2)c1C(=O)OCC. The number of nitrogens with one attached hydrogen (secondary N) is 1. The van der Waals surface area contributed by atoms with Crippen LogP contribution in [0.1, 0.15) is 43.5 Å². The van der Waals surface area contributed by atoms with E-state index in [1.165, 1.54) is 0 Å². The van der Waals surface area contributed by atoms with Crippen molar-refractivity contribution >= 4 is 29.4 Å². The second kappa shape index (κ2) is 8.49.